The van der Waals surface area contributed by atoms with E-state index in [0.717, 1.165) is 0 Å². The van der Waals surface area contributed by atoms with Gasteiger partial charge < -0.3 is 20.6 Å². The van der Waals surface area contributed by atoms with E-state index in [1.807, 2.05) is 0 Å². The van der Waals surface area contributed by atoms with E-state index in [2.05, 4.69) is 0 Å². The highest BCUT2D eigenvalue weighted by Crippen LogP contribution is 2.37. The van der Waals surface area contributed by atoms with E-state index < -0.39 is 25.3 Å². The lowest BCUT2D eigenvalue weighted by Crippen LogP contribution is -2.50. The number of benzene rings is 1. The van der Waals surface area contributed by atoms with Crippen molar-refractivity contribution in [3.63, 3.8) is 0 Å². The van der Waals surface area contributed by atoms with Gasteiger partial charge >= 0.3 is 13.6 Å². The van der Waals surface area contributed by atoms with Crippen LogP contribution in [0.2, 0.25) is 10.0 Å². The number of aliphatic carboxylic acids is 1. The Hall–Kier alpha value is -0.620. The summed E-state index contributed by atoms with van der Waals surface area (Å²) >= 11 is 11.6. The zero-order valence-corrected chi connectivity index (χ0v) is 12.7. The number of carboxylic acids is 1. The lowest BCUT2D eigenvalue weighted by Gasteiger charge is -2.25. The summed E-state index contributed by atoms with van der Waals surface area (Å²) in [5, 5.41) is 9.76. The molecular weight excluding hydrogens is 328 g/mol. The van der Waals surface area contributed by atoms with E-state index >= 15 is 0 Å². The van der Waals surface area contributed by atoms with Crippen LogP contribution >= 0.6 is 30.8 Å². The van der Waals surface area contributed by atoms with Crippen molar-refractivity contribution in [1.29, 1.82) is 0 Å². The first-order valence-corrected chi connectivity index (χ1v) is 8.10. The van der Waals surface area contributed by atoms with Crippen LogP contribution in [-0.2, 0) is 15.8 Å². The van der Waals surface area contributed by atoms with Crippen molar-refractivity contribution in [2.75, 3.05) is 6.16 Å². The number of carboxylic acid groups (broad SMARTS) is 1. The van der Waals surface area contributed by atoms with E-state index in [1.54, 1.807) is 6.07 Å². The molecule has 0 aliphatic heterocycles. The zero-order chi connectivity index (χ0) is 15.6. The van der Waals surface area contributed by atoms with Crippen molar-refractivity contribution in [3.8, 4) is 0 Å². The molecule has 0 aromatic heterocycles. The molecule has 9 heteroatoms. The number of rotatable bonds is 6. The van der Waals surface area contributed by atoms with Gasteiger partial charge in [-0.05, 0) is 24.1 Å². The molecule has 0 spiro atoms. The molecule has 0 fully saturated rings. The minimum Gasteiger partial charge on any atom is -0.480 e. The van der Waals surface area contributed by atoms with Crippen molar-refractivity contribution >= 4 is 36.8 Å². The predicted octanol–water partition coefficient (Wildman–Crippen LogP) is 1.89. The molecule has 1 aromatic rings. The van der Waals surface area contributed by atoms with Gasteiger partial charge in [-0.1, -0.05) is 29.3 Å². The molecule has 1 aromatic carbocycles. The second-order valence-corrected chi connectivity index (χ2v) is 7.12. The third kappa shape index (κ3) is 5.05. The number of nitrogens with two attached hydrogens (primary N) is 1. The molecule has 112 valence electrons. The molecule has 0 saturated carbocycles. The average Bonchev–Trinajstić information content (AvgIpc) is 2.30. The summed E-state index contributed by atoms with van der Waals surface area (Å²) in [6, 6.07) is 4.55. The van der Waals surface area contributed by atoms with Gasteiger partial charge in [-0.2, -0.15) is 0 Å². The van der Waals surface area contributed by atoms with Gasteiger partial charge in [0.2, 0.25) is 0 Å². The second kappa shape index (κ2) is 6.43. The molecule has 0 aliphatic rings. The second-order valence-electron chi connectivity index (χ2n) is 4.52. The number of hydrogen-bond acceptors (Lipinski definition) is 3. The van der Waals surface area contributed by atoms with Gasteiger partial charge in [0.05, 0.1) is 16.2 Å². The van der Waals surface area contributed by atoms with Crippen molar-refractivity contribution in [3.05, 3.63) is 33.8 Å². The van der Waals surface area contributed by atoms with Crippen molar-refractivity contribution in [2.45, 2.75) is 18.4 Å². The maximum atomic E-state index is 11.3. The van der Waals surface area contributed by atoms with Gasteiger partial charge in [0.1, 0.15) is 5.54 Å². The highest BCUT2D eigenvalue weighted by atomic mass is 35.5. The Labute approximate surface area is 125 Å². The third-order valence-electron chi connectivity index (χ3n) is 2.78. The minimum atomic E-state index is -4.31. The van der Waals surface area contributed by atoms with E-state index in [9.17, 15) is 14.5 Å². The average molecular weight is 342 g/mol. The van der Waals surface area contributed by atoms with Crippen LogP contribution in [0.4, 0.5) is 0 Å². The Morgan fingerprint density at radius 1 is 1.30 bits per heavy atom. The van der Waals surface area contributed by atoms with Crippen LogP contribution < -0.4 is 5.73 Å². The molecule has 5 N–H and O–H groups in total. The normalized spacial score (nSPS) is 14.8. The molecule has 0 radical (unpaired) electrons. The van der Waals surface area contributed by atoms with Crippen molar-refractivity contribution in [1.82, 2.24) is 0 Å². The highest BCUT2D eigenvalue weighted by Gasteiger charge is 2.36. The van der Waals surface area contributed by atoms with E-state index in [-0.39, 0.29) is 17.9 Å². The minimum absolute atomic E-state index is 0.112. The van der Waals surface area contributed by atoms with Gasteiger partial charge in [0, 0.05) is 6.42 Å². The molecule has 0 amide bonds. The van der Waals surface area contributed by atoms with Crippen LogP contribution in [-0.4, -0.2) is 32.6 Å². The maximum Gasteiger partial charge on any atom is 0.325 e. The van der Waals surface area contributed by atoms with Gasteiger partial charge in [-0.3, -0.25) is 9.36 Å². The van der Waals surface area contributed by atoms with Crippen molar-refractivity contribution < 1.29 is 24.3 Å². The maximum absolute atomic E-state index is 11.3. The molecule has 20 heavy (non-hydrogen) atoms. The third-order valence-corrected chi connectivity index (χ3v) is 4.32. The summed E-state index contributed by atoms with van der Waals surface area (Å²) in [6.07, 6.45) is -1.07. The fourth-order valence-electron chi connectivity index (χ4n) is 1.63. The fraction of sp³-hybridized carbons (Fsp3) is 0.364. The van der Waals surface area contributed by atoms with E-state index in [1.165, 1.54) is 12.1 Å². The summed E-state index contributed by atoms with van der Waals surface area (Å²) in [4.78, 5) is 28.9. The summed E-state index contributed by atoms with van der Waals surface area (Å²) in [5.74, 6) is -1.34. The lowest BCUT2D eigenvalue weighted by atomic mass is 9.89. The molecule has 0 bridgehead atoms. The van der Waals surface area contributed by atoms with Crippen LogP contribution in [0.15, 0.2) is 18.2 Å². The monoisotopic (exact) mass is 341 g/mol. The van der Waals surface area contributed by atoms with Crippen LogP contribution in [0.25, 0.3) is 0 Å². The highest BCUT2D eigenvalue weighted by molar-refractivity contribution is 7.51. The van der Waals surface area contributed by atoms with Crippen LogP contribution in [0, 0.1) is 0 Å². The summed E-state index contributed by atoms with van der Waals surface area (Å²) in [6.45, 7) is 0. The standard InChI is InChI=1S/C11H14Cl2NO5P/c12-8-2-1-7(5-9(8)13)6-11(14,10(15)16)3-4-20(17,18)19/h1-2,5H,3-4,6,14H2,(H,15,16)(H2,17,18,19). The lowest BCUT2D eigenvalue weighted by molar-refractivity contribution is -0.143. The first-order chi connectivity index (χ1) is 9.03. The van der Waals surface area contributed by atoms with Gasteiger partial charge in [0.15, 0.2) is 0 Å². The van der Waals surface area contributed by atoms with Crippen molar-refractivity contribution in [2.24, 2.45) is 5.73 Å². The molecule has 1 atom stereocenters. The summed E-state index contributed by atoms with van der Waals surface area (Å²) in [5.41, 5.74) is 4.49. The van der Waals surface area contributed by atoms with Gasteiger partial charge in [-0.15, -0.1) is 0 Å². The topological polar surface area (TPSA) is 121 Å². The van der Waals surface area contributed by atoms with Gasteiger partial charge in [0.25, 0.3) is 0 Å². The number of halogens is 2. The molecule has 1 unspecified atom stereocenters. The fourth-order valence-corrected chi connectivity index (χ4v) is 2.64. The Balaban J connectivity index is 2.93. The predicted molar refractivity (Wildman–Crippen MR) is 76.2 cm³/mol. The quantitative estimate of drug-likeness (QED) is 0.586. The number of hydrogen-bond donors (Lipinski definition) is 4. The van der Waals surface area contributed by atoms with Crippen LogP contribution in [0.1, 0.15) is 12.0 Å². The smallest absolute Gasteiger partial charge is 0.325 e. The molecular formula is C11H14Cl2NO5P. The van der Waals surface area contributed by atoms with Gasteiger partial charge in [-0.25, -0.2) is 0 Å². The van der Waals surface area contributed by atoms with E-state index in [0.29, 0.717) is 10.6 Å². The molecule has 0 aliphatic carbocycles. The molecule has 0 heterocycles. The Bertz CT molecular complexity index is 562. The number of carbonyl (C=O) groups is 1. The first-order valence-electron chi connectivity index (χ1n) is 5.54. The molecule has 0 saturated heterocycles. The van der Waals surface area contributed by atoms with Crippen LogP contribution in [0.3, 0.4) is 0 Å². The Kier molecular flexibility index (Phi) is 5.61. The Morgan fingerprint density at radius 3 is 2.35 bits per heavy atom. The first kappa shape index (κ1) is 17.4. The van der Waals surface area contributed by atoms with Crippen LogP contribution in [0.5, 0.6) is 0 Å². The molecule has 6 nitrogen and oxygen atoms in total. The SMILES string of the molecule is NC(CCP(=O)(O)O)(Cc1ccc(Cl)c(Cl)c1)C(=O)O. The largest absolute Gasteiger partial charge is 0.480 e. The molecule has 1 rings (SSSR count). The van der Waals surface area contributed by atoms with E-state index in [4.69, 9.17) is 38.7 Å². The zero-order valence-electron chi connectivity index (χ0n) is 10.3. The summed E-state index contributed by atoms with van der Waals surface area (Å²) < 4.78 is 10.9. The Morgan fingerprint density at radius 2 is 1.90 bits per heavy atom. The summed E-state index contributed by atoms with van der Waals surface area (Å²) in [7, 11) is -4.31.